The van der Waals surface area contributed by atoms with Gasteiger partial charge in [-0.25, -0.2) is 0 Å². The van der Waals surface area contributed by atoms with Crippen molar-refractivity contribution in [3.8, 4) is 0 Å². The fourth-order valence-corrected chi connectivity index (χ4v) is 1.88. The molecule has 1 N–H and O–H groups in total. The van der Waals surface area contributed by atoms with Crippen LogP contribution in [0.5, 0.6) is 0 Å². The number of hydrogen-bond donors (Lipinski definition) is 1. The summed E-state index contributed by atoms with van der Waals surface area (Å²) >= 11 is 0. The topological polar surface area (TPSA) is 12.0 Å². The molecule has 0 aromatic rings. The summed E-state index contributed by atoms with van der Waals surface area (Å²) in [5, 5.41) is 3.44. The lowest BCUT2D eigenvalue weighted by molar-refractivity contribution is 0.612. The molecule has 0 spiro atoms. The first kappa shape index (κ1) is 4.80. The average Bonchev–Trinajstić information content (AvgIpc) is 2.15. The Morgan fingerprint density at radius 2 is 2.38 bits per heavy atom. The average molecular weight is 110 g/mol. The molecule has 1 atom stereocenters. The van der Waals surface area contributed by atoms with Crippen molar-refractivity contribution in [2.24, 2.45) is 5.92 Å². The minimum Gasteiger partial charge on any atom is -0.309 e. The van der Waals surface area contributed by atoms with Crippen LogP contribution in [0.4, 0.5) is 0 Å². The molecule has 1 nitrogen and oxygen atoms in total. The van der Waals surface area contributed by atoms with Crippen LogP contribution in [0.15, 0.2) is 0 Å². The van der Waals surface area contributed by atoms with E-state index in [0.717, 1.165) is 5.92 Å². The lowest BCUT2D eigenvalue weighted by atomic mass is 10.1. The summed E-state index contributed by atoms with van der Waals surface area (Å²) in [6, 6.07) is 1.66. The van der Waals surface area contributed by atoms with Crippen LogP contribution in [0, 0.1) is 12.0 Å². The molecule has 1 aliphatic carbocycles. The van der Waals surface area contributed by atoms with Gasteiger partial charge in [0.25, 0.3) is 0 Å². The van der Waals surface area contributed by atoms with E-state index in [4.69, 9.17) is 0 Å². The maximum atomic E-state index is 3.44. The highest BCUT2D eigenvalue weighted by molar-refractivity contribution is 5.03. The third-order valence-electron chi connectivity index (χ3n) is 2.34. The van der Waals surface area contributed by atoms with Crippen LogP contribution in [-0.2, 0) is 0 Å². The van der Waals surface area contributed by atoms with Gasteiger partial charge in [-0.2, -0.15) is 0 Å². The number of nitrogens with one attached hydrogen (secondary N) is 1. The fraction of sp³-hybridized carbons (Fsp3) is 0.857. The molecule has 1 radical (unpaired) electrons. The first-order valence-corrected chi connectivity index (χ1v) is 3.56. The summed E-state index contributed by atoms with van der Waals surface area (Å²) in [6.07, 6.45) is 5.68. The number of fused-ring (bicyclic) bond motifs is 1. The first-order chi connectivity index (χ1) is 3.97. The Balaban J connectivity index is 2.04. The van der Waals surface area contributed by atoms with Crippen LogP contribution in [0.1, 0.15) is 25.7 Å². The van der Waals surface area contributed by atoms with Crippen molar-refractivity contribution in [1.82, 2.24) is 5.32 Å². The van der Waals surface area contributed by atoms with Gasteiger partial charge in [0, 0.05) is 6.04 Å². The van der Waals surface area contributed by atoms with Crippen LogP contribution in [0.2, 0.25) is 0 Å². The Kier molecular flexibility index (Phi) is 1.04. The van der Waals surface area contributed by atoms with E-state index in [-0.39, 0.29) is 0 Å². The first-order valence-electron chi connectivity index (χ1n) is 3.56. The third kappa shape index (κ3) is 0.576. The standard InChI is InChI=1S/C7H12N/c1-2-6-4-5-8-7(6)3-1/h6,8H,1-5H2. The maximum absolute atomic E-state index is 3.44. The van der Waals surface area contributed by atoms with Crippen LogP contribution >= 0.6 is 0 Å². The second-order valence-electron chi connectivity index (χ2n) is 2.83. The lowest BCUT2D eigenvalue weighted by Crippen LogP contribution is -2.12. The summed E-state index contributed by atoms with van der Waals surface area (Å²) in [5.74, 6) is 0.981. The van der Waals surface area contributed by atoms with Crippen LogP contribution in [-0.4, -0.2) is 6.54 Å². The molecule has 1 heteroatoms. The smallest absolute Gasteiger partial charge is 0.0395 e. The monoisotopic (exact) mass is 110 g/mol. The molecular formula is C7H12N. The lowest BCUT2D eigenvalue weighted by Gasteiger charge is -2.04. The van der Waals surface area contributed by atoms with Gasteiger partial charge in [0.2, 0.25) is 0 Å². The molecule has 0 aromatic carbocycles. The normalized spacial score (nSPS) is 38.2. The summed E-state index contributed by atoms with van der Waals surface area (Å²) < 4.78 is 0. The maximum Gasteiger partial charge on any atom is 0.0395 e. The van der Waals surface area contributed by atoms with Gasteiger partial charge in [-0.15, -0.1) is 0 Å². The van der Waals surface area contributed by atoms with Crippen molar-refractivity contribution in [3.63, 3.8) is 0 Å². The van der Waals surface area contributed by atoms with Gasteiger partial charge in [0.1, 0.15) is 0 Å². The molecule has 1 saturated carbocycles. The third-order valence-corrected chi connectivity index (χ3v) is 2.34. The molecule has 2 fully saturated rings. The van der Waals surface area contributed by atoms with Gasteiger partial charge in [-0.3, -0.25) is 0 Å². The van der Waals surface area contributed by atoms with Crippen molar-refractivity contribution in [2.75, 3.05) is 6.54 Å². The molecule has 0 aromatic heterocycles. The minimum absolute atomic E-state index is 0.981. The summed E-state index contributed by atoms with van der Waals surface area (Å²) in [4.78, 5) is 0. The highest BCUT2D eigenvalue weighted by Gasteiger charge is 2.31. The molecule has 1 heterocycles. The van der Waals surface area contributed by atoms with Crippen molar-refractivity contribution in [1.29, 1.82) is 0 Å². The predicted octanol–water partition coefficient (Wildman–Crippen LogP) is 1.31. The van der Waals surface area contributed by atoms with Gasteiger partial charge in [-0.05, 0) is 31.7 Å². The van der Waals surface area contributed by atoms with E-state index in [1.807, 2.05) is 0 Å². The minimum atomic E-state index is 0.981. The number of hydrogen-bond acceptors (Lipinski definition) is 1. The van der Waals surface area contributed by atoms with Crippen LogP contribution in [0.25, 0.3) is 0 Å². The second kappa shape index (κ2) is 1.73. The summed E-state index contributed by atoms with van der Waals surface area (Å²) in [7, 11) is 0. The van der Waals surface area contributed by atoms with Crippen molar-refractivity contribution in [3.05, 3.63) is 6.04 Å². The molecule has 0 amide bonds. The molecule has 2 aliphatic rings. The molecule has 8 heavy (non-hydrogen) atoms. The van der Waals surface area contributed by atoms with E-state index in [1.54, 1.807) is 6.04 Å². The Morgan fingerprint density at radius 3 is 3.25 bits per heavy atom. The molecule has 45 valence electrons. The van der Waals surface area contributed by atoms with Crippen molar-refractivity contribution < 1.29 is 0 Å². The zero-order chi connectivity index (χ0) is 5.40. The Hall–Kier alpha value is -0.0400. The molecular weight excluding hydrogens is 98.1 g/mol. The zero-order valence-electron chi connectivity index (χ0n) is 5.11. The van der Waals surface area contributed by atoms with Crippen LogP contribution < -0.4 is 5.32 Å². The SMILES string of the molecule is C1C[C]2NCCC2C1. The molecule has 2 rings (SSSR count). The summed E-state index contributed by atoms with van der Waals surface area (Å²) in [6.45, 7) is 1.25. The molecule has 0 bridgehead atoms. The van der Waals surface area contributed by atoms with E-state index < -0.39 is 0 Å². The van der Waals surface area contributed by atoms with Gasteiger partial charge in [0.05, 0.1) is 0 Å². The Bertz CT molecular complexity index is 70.4. The molecule has 1 saturated heterocycles. The van der Waals surface area contributed by atoms with E-state index in [9.17, 15) is 0 Å². The van der Waals surface area contributed by atoms with E-state index in [0.29, 0.717) is 0 Å². The Morgan fingerprint density at radius 1 is 1.38 bits per heavy atom. The highest BCUT2D eigenvalue weighted by atomic mass is 15.0. The van der Waals surface area contributed by atoms with E-state index >= 15 is 0 Å². The van der Waals surface area contributed by atoms with Crippen molar-refractivity contribution in [2.45, 2.75) is 25.7 Å². The predicted molar refractivity (Wildman–Crippen MR) is 33.2 cm³/mol. The number of rotatable bonds is 0. The second-order valence-corrected chi connectivity index (χ2v) is 2.83. The van der Waals surface area contributed by atoms with Crippen molar-refractivity contribution >= 4 is 0 Å². The van der Waals surface area contributed by atoms with E-state index in [1.165, 1.54) is 32.2 Å². The fourth-order valence-electron chi connectivity index (χ4n) is 1.88. The summed E-state index contributed by atoms with van der Waals surface area (Å²) in [5.41, 5.74) is 0. The zero-order valence-corrected chi connectivity index (χ0v) is 5.11. The molecule has 1 aliphatic heterocycles. The Labute approximate surface area is 50.5 Å². The van der Waals surface area contributed by atoms with Gasteiger partial charge >= 0.3 is 0 Å². The molecule has 1 unspecified atom stereocenters. The quantitative estimate of drug-likeness (QED) is 0.495. The van der Waals surface area contributed by atoms with E-state index in [2.05, 4.69) is 5.32 Å². The van der Waals surface area contributed by atoms with Gasteiger partial charge in [0.15, 0.2) is 0 Å². The van der Waals surface area contributed by atoms with Gasteiger partial charge in [-0.1, -0.05) is 6.42 Å². The highest BCUT2D eigenvalue weighted by Crippen LogP contribution is 2.36. The van der Waals surface area contributed by atoms with Crippen LogP contribution in [0.3, 0.4) is 0 Å². The largest absolute Gasteiger partial charge is 0.309 e. The van der Waals surface area contributed by atoms with Gasteiger partial charge < -0.3 is 5.32 Å².